The molecule has 2 heterocycles. The van der Waals surface area contributed by atoms with E-state index in [1.807, 2.05) is 0 Å². The van der Waals surface area contributed by atoms with Crippen LogP contribution in [-0.2, 0) is 10.4 Å². The Kier molecular flexibility index (Phi) is 3.68. The molecule has 0 fully saturated rings. The van der Waals surface area contributed by atoms with Crippen molar-refractivity contribution in [2.75, 3.05) is 5.32 Å². The first-order valence-electron chi connectivity index (χ1n) is 7.78. The van der Waals surface area contributed by atoms with Crippen molar-refractivity contribution in [1.29, 1.82) is 0 Å². The number of carbonyl (C=O) groups excluding carboxylic acids is 2. The average Bonchev–Trinajstić information content (AvgIpc) is 2.85. The predicted molar refractivity (Wildman–Crippen MR) is 95.4 cm³/mol. The number of halogens is 1. The first-order valence-corrected chi connectivity index (χ1v) is 8.16. The minimum Gasteiger partial charge on any atom is -0.422 e. The number of carbonyl (C=O) groups is 2. The lowest BCUT2D eigenvalue weighted by Crippen LogP contribution is -2.37. The van der Waals surface area contributed by atoms with Crippen LogP contribution in [0.3, 0.4) is 0 Å². The number of nitrogens with one attached hydrogen (secondary N) is 1. The number of hydrogen-bond donors (Lipinski definition) is 2. The fourth-order valence-electron chi connectivity index (χ4n) is 3.08. The lowest BCUT2D eigenvalue weighted by Gasteiger charge is -2.19. The van der Waals surface area contributed by atoms with Gasteiger partial charge in [-0.25, -0.2) is 4.79 Å². The zero-order chi connectivity index (χ0) is 18.5. The van der Waals surface area contributed by atoms with Gasteiger partial charge in [0.25, 0.3) is 5.91 Å². The number of anilines is 1. The van der Waals surface area contributed by atoms with E-state index in [1.165, 1.54) is 12.1 Å². The lowest BCUT2D eigenvalue weighted by molar-refractivity contribution is -0.133. The van der Waals surface area contributed by atoms with E-state index in [0.717, 1.165) is 0 Å². The van der Waals surface area contributed by atoms with E-state index < -0.39 is 29.3 Å². The van der Waals surface area contributed by atoms with Crippen LogP contribution in [-0.4, -0.2) is 16.8 Å². The first-order chi connectivity index (χ1) is 12.4. The van der Waals surface area contributed by atoms with E-state index in [2.05, 4.69) is 5.32 Å². The number of aliphatic hydroxyl groups is 1. The summed E-state index contributed by atoms with van der Waals surface area (Å²) in [5.74, 6) is -1.44. The standard InChI is InChI=1S/C19H12ClNO5/c20-11-5-6-14-13(8-11)19(25,18(24)21-14)9-15(22)12-7-10-3-1-2-4-16(10)26-17(12)23/h1-8,25H,9H2,(H,21,24). The zero-order valence-corrected chi connectivity index (χ0v) is 14.0. The molecule has 0 saturated heterocycles. The van der Waals surface area contributed by atoms with E-state index >= 15 is 0 Å². The highest BCUT2D eigenvalue weighted by Crippen LogP contribution is 2.40. The second-order valence-corrected chi connectivity index (χ2v) is 6.53. The second-order valence-electron chi connectivity index (χ2n) is 6.09. The van der Waals surface area contributed by atoms with Gasteiger partial charge in [-0.05, 0) is 30.3 Å². The Labute approximate surface area is 152 Å². The molecule has 6 nitrogen and oxygen atoms in total. The van der Waals surface area contributed by atoms with Crippen LogP contribution in [0, 0.1) is 0 Å². The molecule has 2 aromatic carbocycles. The summed E-state index contributed by atoms with van der Waals surface area (Å²) in [7, 11) is 0. The molecule has 0 radical (unpaired) electrons. The molecule has 4 rings (SSSR count). The molecule has 130 valence electrons. The van der Waals surface area contributed by atoms with Crippen LogP contribution >= 0.6 is 11.6 Å². The summed E-state index contributed by atoms with van der Waals surface area (Å²) in [4.78, 5) is 37.1. The summed E-state index contributed by atoms with van der Waals surface area (Å²) in [6.07, 6.45) is -0.602. The number of benzene rings is 2. The van der Waals surface area contributed by atoms with E-state index in [0.29, 0.717) is 21.7 Å². The van der Waals surface area contributed by atoms with Gasteiger partial charge in [-0.1, -0.05) is 29.8 Å². The van der Waals surface area contributed by atoms with Crippen molar-refractivity contribution in [2.45, 2.75) is 12.0 Å². The Balaban J connectivity index is 1.75. The molecule has 3 aromatic rings. The number of fused-ring (bicyclic) bond motifs is 2. The Morgan fingerprint density at radius 3 is 2.73 bits per heavy atom. The van der Waals surface area contributed by atoms with Crippen molar-refractivity contribution in [3.05, 3.63) is 75.1 Å². The number of rotatable bonds is 3. The van der Waals surface area contributed by atoms with Crippen LogP contribution in [0.25, 0.3) is 11.0 Å². The highest BCUT2D eigenvalue weighted by Gasteiger charge is 2.47. The third kappa shape index (κ3) is 2.51. The topological polar surface area (TPSA) is 96.6 Å². The smallest absolute Gasteiger partial charge is 0.347 e. The third-order valence-corrected chi connectivity index (χ3v) is 4.64. The summed E-state index contributed by atoms with van der Waals surface area (Å²) in [5.41, 5.74) is -2.21. The van der Waals surface area contributed by atoms with Gasteiger partial charge in [0, 0.05) is 21.7 Å². The van der Waals surface area contributed by atoms with Gasteiger partial charge < -0.3 is 14.8 Å². The quantitative estimate of drug-likeness (QED) is 0.546. The van der Waals surface area contributed by atoms with Crippen LogP contribution in [0.1, 0.15) is 22.3 Å². The van der Waals surface area contributed by atoms with Crippen molar-refractivity contribution in [2.24, 2.45) is 0 Å². The average molecular weight is 370 g/mol. The van der Waals surface area contributed by atoms with Gasteiger partial charge in [0.2, 0.25) is 0 Å². The Hall–Kier alpha value is -2.96. The summed E-state index contributed by atoms with van der Waals surface area (Å²) < 4.78 is 5.15. The van der Waals surface area contributed by atoms with E-state index in [1.54, 1.807) is 36.4 Å². The molecular weight excluding hydrogens is 358 g/mol. The fraction of sp³-hybridized carbons (Fsp3) is 0.105. The van der Waals surface area contributed by atoms with Gasteiger partial charge >= 0.3 is 5.63 Å². The molecule has 0 bridgehead atoms. The molecule has 1 aliphatic rings. The van der Waals surface area contributed by atoms with Gasteiger partial charge in [-0.3, -0.25) is 9.59 Å². The number of Topliss-reactive ketones (excluding diaryl/α,β-unsaturated/α-hetero) is 1. The third-order valence-electron chi connectivity index (χ3n) is 4.41. The van der Waals surface area contributed by atoms with Crippen molar-refractivity contribution >= 4 is 39.9 Å². The molecule has 26 heavy (non-hydrogen) atoms. The van der Waals surface area contributed by atoms with Crippen molar-refractivity contribution in [3.8, 4) is 0 Å². The molecule has 0 saturated carbocycles. The number of amides is 1. The predicted octanol–water partition coefficient (Wildman–Crippen LogP) is 2.86. The Morgan fingerprint density at radius 2 is 1.92 bits per heavy atom. The molecule has 0 aliphatic carbocycles. The van der Waals surface area contributed by atoms with Crippen LogP contribution in [0.5, 0.6) is 0 Å². The highest BCUT2D eigenvalue weighted by atomic mass is 35.5. The lowest BCUT2D eigenvalue weighted by atomic mass is 9.88. The summed E-state index contributed by atoms with van der Waals surface area (Å²) in [5, 5.41) is 14.3. The second kappa shape index (κ2) is 5.79. The maximum absolute atomic E-state index is 12.7. The first kappa shape index (κ1) is 16.5. The van der Waals surface area contributed by atoms with E-state index in [4.69, 9.17) is 16.0 Å². The molecular formula is C19H12ClNO5. The number of hydrogen-bond acceptors (Lipinski definition) is 5. The van der Waals surface area contributed by atoms with Gasteiger partial charge in [0.15, 0.2) is 11.4 Å². The normalized spacial score (nSPS) is 18.6. The van der Waals surface area contributed by atoms with Crippen LogP contribution in [0.4, 0.5) is 5.69 Å². The number of para-hydroxylation sites is 1. The van der Waals surface area contributed by atoms with Crippen LogP contribution in [0.15, 0.2) is 57.7 Å². The minimum absolute atomic E-state index is 0.202. The van der Waals surface area contributed by atoms with E-state index in [9.17, 15) is 19.5 Å². The molecule has 1 unspecified atom stereocenters. The van der Waals surface area contributed by atoms with Crippen molar-refractivity contribution in [1.82, 2.24) is 0 Å². The summed E-state index contributed by atoms with van der Waals surface area (Å²) in [6.45, 7) is 0. The zero-order valence-electron chi connectivity index (χ0n) is 13.3. The molecule has 2 N–H and O–H groups in total. The highest BCUT2D eigenvalue weighted by molar-refractivity contribution is 6.31. The molecule has 1 atom stereocenters. The van der Waals surface area contributed by atoms with Gasteiger partial charge in [-0.2, -0.15) is 0 Å². The van der Waals surface area contributed by atoms with Gasteiger partial charge in [0.1, 0.15) is 11.1 Å². The molecule has 0 spiro atoms. The maximum Gasteiger partial charge on any atom is 0.347 e. The summed E-state index contributed by atoms with van der Waals surface area (Å²) >= 11 is 5.94. The molecule has 1 aromatic heterocycles. The Bertz CT molecular complexity index is 1140. The van der Waals surface area contributed by atoms with Crippen molar-refractivity contribution < 1.29 is 19.1 Å². The summed E-state index contributed by atoms with van der Waals surface area (Å²) in [6, 6.07) is 12.7. The van der Waals surface area contributed by atoms with Gasteiger partial charge in [-0.15, -0.1) is 0 Å². The van der Waals surface area contributed by atoms with E-state index in [-0.39, 0.29) is 11.1 Å². The monoisotopic (exact) mass is 369 g/mol. The fourth-order valence-corrected chi connectivity index (χ4v) is 3.25. The SMILES string of the molecule is O=C(CC1(O)C(=O)Nc2ccc(Cl)cc21)c1cc2ccccc2oc1=O. The van der Waals surface area contributed by atoms with Crippen LogP contribution in [0.2, 0.25) is 5.02 Å². The maximum atomic E-state index is 12.7. The molecule has 1 aliphatic heterocycles. The van der Waals surface area contributed by atoms with Crippen LogP contribution < -0.4 is 10.9 Å². The van der Waals surface area contributed by atoms with Crippen molar-refractivity contribution in [3.63, 3.8) is 0 Å². The largest absolute Gasteiger partial charge is 0.422 e. The molecule has 7 heteroatoms. The minimum atomic E-state index is -2.10. The Morgan fingerprint density at radius 1 is 1.15 bits per heavy atom. The van der Waals surface area contributed by atoms with Gasteiger partial charge in [0.05, 0.1) is 6.42 Å². The number of ketones is 1. The molecule has 1 amide bonds.